The lowest BCUT2D eigenvalue weighted by atomic mass is 10.2. The molecular formula is C21H27IN4O2. The highest BCUT2D eigenvalue weighted by atomic mass is 127. The Morgan fingerprint density at radius 2 is 1.96 bits per heavy atom. The van der Waals surface area contributed by atoms with E-state index >= 15 is 0 Å². The molecule has 7 heteroatoms. The summed E-state index contributed by atoms with van der Waals surface area (Å²) in [6.45, 7) is 5.13. The number of guanidine groups is 1. The largest absolute Gasteiger partial charge is 0.454 e. The number of aliphatic imine (C=N–C) groups is 1. The van der Waals surface area contributed by atoms with Crippen molar-refractivity contribution < 1.29 is 9.47 Å². The van der Waals surface area contributed by atoms with Gasteiger partial charge in [-0.05, 0) is 42.7 Å². The van der Waals surface area contributed by atoms with Crippen molar-refractivity contribution in [3.63, 3.8) is 0 Å². The van der Waals surface area contributed by atoms with Gasteiger partial charge in [0, 0.05) is 38.4 Å². The van der Waals surface area contributed by atoms with Crippen molar-refractivity contribution in [2.45, 2.75) is 25.9 Å². The van der Waals surface area contributed by atoms with Crippen LogP contribution >= 0.6 is 24.0 Å². The third-order valence-corrected chi connectivity index (χ3v) is 5.14. The van der Waals surface area contributed by atoms with Crippen LogP contribution in [0.1, 0.15) is 18.1 Å². The van der Waals surface area contributed by atoms with Crippen molar-refractivity contribution in [3.8, 4) is 11.5 Å². The van der Waals surface area contributed by atoms with Crippen molar-refractivity contribution >= 4 is 35.6 Å². The maximum atomic E-state index is 5.44. The Labute approximate surface area is 183 Å². The Kier molecular flexibility index (Phi) is 6.88. The summed E-state index contributed by atoms with van der Waals surface area (Å²) >= 11 is 0. The van der Waals surface area contributed by atoms with Crippen LogP contribution in [0.25, 0.3) is 0 Å². The number of para-hydroxylation sites is 1. The minimum atomic E-state index is 0. The van der Waals surface area contributed by atoms with Crippen LogP contribution in [0.15, 0.2) is 47.5 Å². The van der Waals surface area contributed by atoms with Crippen molar-refractivity contribution in [3.05, 3.63) is 53.6 Å². The molecular weight excluding hydrogens is 467 g/mol. The highest BCUT2D eigenvalue weighted by Gasteiger charge is 2.22. The first-order valence-electron chi connectivity index (χ1n) is 9.42. The molecule has 1 unspecified atom stereocenters. The molecule has 0 saturated carbocycles. The Morgan fingerprint density at radius 3 is 2.82 bits per heavy atom. The molecule has 0 aromatic heterocycles. The van der Waals surface area contributed by atoms with E-state index in [1.807, 2.05) is 18.2 Å². The Hall–Kier alpha value is -2.16. The van der Waals surface area contributed by atoms with E-state index < -0.39 is 0 Å². The molecule has 28 heavy (non-hydrogen) atoms. The van der Waals surface area contributed by atoms with Gasteiger partial charge in [0.2, 0.25) is 6.79 Å². The number of rotatable bonds is 5. The molecule has 4 rings (SSSR count). The first-order valence-corrected chi connectivity index (χ1v) is 9.42. The van der Waals surface area contributed by atoms with E-state index in [9.17, 15) is 0 Å². The average molecular weight is 494 g/mol. The van der Waals surface area contributed by atoms with Gasteiger partial charge in [-0.15, -0.1) is 24.0 Å². The van der Waals surface area contributed by atoms with Crippen molar-refractivity contribution in [1.82, 2.24) is 10.6 Å². The highest BCUT2D eigenvalue weighted by molar-refractivity contribution is 14.0. The van der Waals surface area contributed by atoms with Gasteiger partial charge in [0.05, 0.1) is 0 Å². The monoisotopic (exact) mass is 494 g/mol. The number of halogens is 1. The first kappa shape index (κ1) is 20.6. The maximum Gasteiger partial charge on any atom is 0.231 e. The third kappa shape index (κ3) is 4.45. The van der Waals surface area contributed by atoms with Crippen molar-refractivity contribution in [2.24, 2.45) is 4.99 Å². The van der Waals surface area contributed by atoms with Gasteiger partial charge in [-0.2, -0.15) is 0 Å². The molecule has 0 bridgehead atoms. The van der Waals surface area contributed by atoms with Crippen LogP contribution in [-0.4, -0.2) is 38.9 Å². The van der Waals surface area contributed by atoms with Crippen molar-refractivity contribution in [2.75, 3.05) is 31.8 Å². The number of nitrogens with one attached hydrogen (secondary N) is 2. The minimum Gasteiger partial charge on any atom is -0.454 e. The molecule has 0 fully saturated rings. The van der Waals surface area contributed by atoms with Crippen LogP contribution in [0, 0.1) is 0 Å². The molecule has 1 atom stereocenters. The summed E-state index contributed by atoms with van der Waals surface area (Å²) in [6.07, 6.45) is 1.12. The van der Waals surface area contributed by atoms with E-state index in [1.54, 1.807) is 7.05 Å². The van der Waals surface area contributed by atoms with Gasteiger partial charge in [0.15, 0.2) is 17.5 Å². The highest BCUT2D eigenvalue weighted by Crippen LogP contribution is 2.32. The second-order valence-corrected chi connectivity index (χ2v) is 6.92. The zero-order valence-electron chi connectivity index (χ0n) is 16.3. The first-order chi connectivity index (χ1) is 13.2. The average Bonchev–Trinajstić information content (AvgIpc) is 3.34. The van der Waals surface area contributed by atoms with Gasteiger partial charge in [-0.3, -0.25) is 4.99 Å². The van der Waals surface area contributed by atoms with Crippen LogP contribution in [0.3, 0.4) is 0 Å². The molecule has 2 aromatic rings. The van der Waals surface area contributed by atoms with Gasteiger partial charge in [-0.1, -0.05) is 24.3 Å². The molecule has 2 N–H and O–H groups in total. The quantitative estimate of drug-likeness (QED) is 0.380. The molecule has 2 aliphatic rings. The second kappa shape index (κ2) is 9.36. The molecule has 0 aliphatic carbocycles. The number of benzene rings is 2. The van der Waals surface area contributed by atoms with E-state index in [0.717, 1.165) is 42.5 Å². The van der Waals surface area contributed by atoms with Crippen molar-refractivity contribution in [1.29, 1.82) is 0 Å². The second-order valence-electron chi connectivity index (χ2n) is 6.92. The summed E-state index contributed by atoms with van der Waals surface area (Å²) in [7, 11) is 1.80. The predicted octanol–water partition coefficient (Wildman–Crippen LogP) is 3.15. The standard InChI is InChI=1S/C21H26N4O2.HI/c1-15(25-10-9-17-5-3-4-6-18(17)25)12-23-21(22-2)24-13-16-7-8-19-20(11-16)27-14-26-19;/h3-8,11,15H,9-10,12-14H2,1-2H3,(H2,22,23,24);1H. The van der Waals surface area contributed by atoms with Gasteiger partial charge < -0.3 is 25.0 Å². The fraction of sp³-hybridized carbons (Fsp3) is 0.381. The summed E-state index contributed by atoms with van der Waals surface area (Å²) in [6, 6.07) is 15.0. The van der Waals surface area contributed by atoms with E-state index in [4.69, 9.17) is 9.47 Å². The minimum absolute atomic E-state index is 0. The molecule has 0 saturated heterocycles. The Balaban J connectivity index is 0.00000225. The fourth-order valence-electron chi connectivity index (χ4n) is 3.63. The van der Waals surface area contributed by atoms with Crippen LogP contribution < -0.4 is 25.0 Å². The predicted molar refractivity (Wildman–Crippen MR) is 123 cm³/mol. The normalized spacial score (nSPS) is 15.6. The summed E-state index contributed by atoms with van der Waals surface area (Å²) in [5, 5.41) is 6.81. The van der Waals surface area contributed by atoms with Gasteiger partial charge in [0.1, 0.15) is 0 Å². The zero-order chi connectivity index (χ0) is 18.6. The van der Waals surface area contributed by atoms with E-state index in [2.05, 4.69) is 51.7 Å². The SMILES string of the molecule is CN=C(NCc1ccc2c(c1)OCO2)NCC(C)N1CCc2ccccc21.I. The molecule has 2 heterocycles. The Bertz CT molecular complexity index is 843. The molecule has 150 valence electrons. The van der Waals surface area contributed by atoms with Gasteiger partial charge >= 0.3 is 0 Å². The van der Waals surface area contributed by atoms with Crippen LogP contribution in [0.2, 0.25) is 0 Å². The molecule has 2 aliphatic heterocycles. The summed E-state index contributed by atoms with van der Waals surface area (Å²) < 4.78 is 10.8. The lowest BCUT2D eigenvalue weighted by Crippen LogP contribution is -2.45. The van der Waals surface area contributed by atoms with Crippen LogP contribution in [-0.2, 0) is 13.0 Å². The summed E-state index contributed by atoms with van der Waals surface area (Å²) in [4.78, 5) is 6.80. The lowest BCUT2D eigenvalue weighted by molar-refractivity contribution is 0.174. The number of anilines is 1. The molecule has 0 spiro atoms. The topological polar surface area (TPSA) is 58.1 Å². The smallest absolute Gasteiger partial charge is 0.231 e. The van der Waals surface area contributed by atoms with Crippen LogP contribution in [0.5, 0.6) is 11.5 Å². The van der Waals surface area contributed by atoms with Gasteiger partial charge in [-0.25, -0.2) is 0 Å². The maximum absolute atomic E-state index is 5.44. The summed E-state index contributed by atoms with van der Waals surface area (Å²) in [5.74, 6) is 2.41. The molecule has 0 amide bonds. The van der Waals surface area contributed by atoms with E-state index in [0.29, 0.717) is 19.4 Å². The molecule has 2 aromatic carbocycles. The lowest BCUT2D eigenvalue weighted by Gasteiger charge is -2.28. The zero-order valence-corrected chi connectivity index (χ0v) is 18.6. The van der Waals surface area contributed by atoms with Gasteiger partial charge in [0.25, 0.3) is 0 Å². The van der Waals surface area contributed by atoms with Crippen LogP contribution in [0.4, 0.5) is 5.69 Å². The number of fused-ring (bicyclic) bond motifs is 2. The number of hydrogen-bond acceptors (Lipinski definition) is 4. The Morgan fingerprint density at radius 1 is 1.14 bits per heavy atom. The summed E-state index contributed by atoms with van der Waals surface area (Å²) in [5.41, 5.74) is 3.92. The third-order valence-electron chi connectivity index (χ3n) is 5.14. The number of ether oxygens (including phenoxy) is 2. The molecule has 0 radical (unpaired) electrons. The van der Waals surface area contributed by atoms with E-state index in [1.165, 1.54) is 11.3 Å². The molecule has 6 nitrogen and oxygen atoms in total. The van der Waals surface area contributed by atoms with E-state index in [-0.39, 0.29) is 24.0 Å². The number of hydrogen-bond donors (Lipinski definition) is 2. The number of nitrogens with zero attached hydrogens (tertiary/aromatic N) is 2. The fourth-order valence-corrected chi connectivity index (χ4v) is 3.63.